The molecule has 23 heavy (non-hydrogen) atoms. The van der Waals surface area contributed by atoms with Crippen molar-refractivity contribution in [1.82, 2.24) is 9.97 Å². The number of hydrogen-bond donors (Lipinski definition) is 2. The van der Waals surface area contributed by atoms with Gasteiger partial charge in [-0.25, -0.2) is 9.98 Å². The molecule has 0 unspecified atom stereocenters. The first-order valence-corrected chi connectivity index (χ1v) is 8.05. The number of benzene rings is 1. The quantitative estimate of drug-likeness (QED) is 0.386. The standard InChI is InChI=1S/C14H13N5O3S/c1-23-14-17-12-11(13(20)18-14)16-10(6-7-15-12)8-2-4-9(5-3-8)19(21)22/h2-5H,6-7H2,1H3,(H2,15,17,18,20). The van der Waals surface area contributed by atoms with Crippen molar-refractivity contribution in [1.29, 1.82) is 0 Å². The van der Waals surface area contributed by atoms with Gasteiger partial charge in [0.2, 0.25) is 0 Å². The molecule has 0 atom stereocenters. The van der Waals surface area contributed by atoms with Crippen molar-refractivity contribution in [2.45, 2.75) is 11.6 Å². The molecule has 118 valence electrons. The molecule has 0 saturated carbocycles. The number of nitro groups is 1. The van der Waals surface area contributed by atoms with E-state index >= 15 is 0 Å². The molecule has 1 aliphatic rings. The van der Waals surface area contributed by atoms with Crippen LogP contribution in [0.5, 0.6) is 0 Å². The average Bonchev–Trinajstić information content (AvgIpc) is 2.77. The van der Waals surface area contributed by atoms with Crippen LogP contribution in [0.25, 0.3) is 0 Å². The number of H-pyrrole nitrogens is 1. The Morgan fingerprint density at radius 2 is 2.04 bits per heavy atom. The fourth-order valence-corrected chi connectivity index (χ4v) is 2.62. The maximum atomic E-state index is 12.2. The van der Waals surface area contributed by atoms with Crippen molar-refractivity contribution in [3.8, 4) is 0 Å². The second-order valence-electron chi connectivity index (χ2n) is 4.81. The zero-order valence-electron chi connectivity index (χ0n) is 12.2. The second-order valence-corrected chi connectivity index (χ2v) is 5.61. The summed E-state index contributed by atoms with van der Waals surface area (Å²) in [4.78, 5) is 33.9. The fraction of sp³-hybridized carbons (Fsp3) is 0.214. The van der Waals surface area contributed by atoms with Crippen LogP contribution >= 0.6 is 11.8 Å². The molecule has 2 heterocycles. The minimum Gasteiger partial charge on any atom is -0.368 e. The second kappa shape index (κ2) is 6.21. The number of aromatic nitrogens is 2. The third kappa shape index (κ3) is 3.09. The first kappa shape index (κ1) is 15.2. The third-order valence-electron chi connectivity index (χ3n) is 3.38. The number of aliphatic imine (C=N–C) groups is 1. The molecule has 9 heteroatoms. The highest BCUT2D eigenvalue weighted by molar-refractivity contribution is 7.98. The van der Waals surface area contributed by atoms with Gasteiger partial charge in [0.25, 0.3) is 11.2 Å². The van der Waals surface area contributed by atoms with Crippen molar-refractivity contribution >= 4 is 34.7 Å². The highest BCUT2D eigenvalue weighted by Gasteiger charge is 2.17. The number of fused-ring (bicyclic) bond motifs is 1. The number of nitrogens with one attached hydrogen (secondary N) is 2. The molecule has 0 aliphatic carbocycles. The van der Waals surface area contributed by atoms with E-state index in [1.54, 1.807) is 12.1 Å². The van der Waals surface area contributed by atoms with E-state index in [0.29, 0.717) is 29.7 Å². The maximum absolute atomic E-state index is 12.2. The van der Waals surface area contributed by atoms with Crippen molar-refractivity contribution in [3.63, 3.8) is 0 Å². The topological polar surface area (TPSA) is 113 Å². The number of aromatic amines is 1. The monoisotopic (exact) mass is 331 g/mol. The Morgan fingerprint density at radius 1 is 1.30 bits per heavy atom. The summed E-state index contributed by atoms with van der Waals surface area (Å²) in [6.07, 6.45) is 2.41. The number of rotatable bonds is 3. The molecule has 0 spiro atoms. The molecule has 1 aliphatic heterocycles. The predicted octanol–water partition coefficient (Wildman–Crippen LogP) is 2.34. The Morgan fingerprint density at radius 3 is 2.70 bits per heavy atom. The lowest BCUT2D eigenvalue weighted by molar-refractivity contribution is -0.384. The van der Waals surface area contributed by atoms with Gasteiger partial charge in [0, 0.05) is 25.1 Å². The zero-order valence-corrected chi connectivity index (χ0v) is 13.0. The summed E-state index contributed by atoms with van der Waals surface area (Å²) in [6.45, 7) is 0.576. The van der Waals surface area contributed by atoms with Gasteiger partial charge in [-0.3, -0.25) is 19.9 Å². The van der Waals surface area contributed by atoms with Crippen LogP contribution in [0.2, 0.25) is 0 Å². The van der Waals surface area contributed by atoms with Crippen LogP contribution in [0.1, 0.15) is 12.0 Å². The van der Waals surface area contributed by atoms with Gasteiger partial charge in [0.1, 0.15) is 0 Å². The highest BCUT2D eigenvalue weighted by Crippen LogP contribution is 2.25. The lowest BCUT2D eigenvalue weighted by Crippen LogP contribution is -2.12. The SMILES string of the molecule is CSc1nc2c(c(=O)[nH]1)N=C(c1ccc([N+](=O)[O-])cc1)CCN2. The van der Waals surface area contributed by atoms with Crippen LogP contribution in [0.4, 0.5) is 17.2 Å². The Hall–Kier alpha value is -2.68. The van der Waals surface area contributed by atoms with Crippen molar-refractivity contribution < 1.29 is 4.92 Å². The summed E-state index contributed by atoms with van der Waals surface area (Å²) < 4.78 is 0. The van der Waals surface area contributed by atoms with E-state index in [0.717, 1.165) is 5.56 Å². The first-order chi connectivity index (χ1) is 11.1. The molecule has 2 aromatic rings. The van der Waals surface area contributed by atoms with E-state index in [1.165, 1.54) is 23.9 Å². The molecule has 0 saturated heterocycles. The predicted molar refractivity (Wildman–Crippen MR) is 89.0 cm³/mol. The maximum Gasteiger partial charge on any atom is 0.279 e. The number of nitro benzene ring substituents is 1. The summed E-state index contributed by atoms with van der Waals surface area (Å²) >= 11 is 1.35. The van der Waals surface area contributed by atoms with Gasteiger partial charge in [-0.1, -0.05) is 11.8 Å². The Labute approximate surface area is 135 Å². The normalized spacial score (nSPS) is 13.5. The summed E-state index contributed by atoms with van der Waals surface area (Å²) in [5.74, 6) is 0.454. The van der Waals surface area contributed by atoms with Crippen LogP contribution in [0.15, 0.2) is 39.2 Å². The van der Waals surface area contributed by atoms with E-state index in [2.05, 4.69) is 20.3 Å². The van der Waals surface area contributed by atoms with Crippen LogP contribution in [0, 0.1) is 10.1 Å². The molecule has 1 aromatic heterocycles. The van der Waals surface area contributed by atoms with E-state index in [4.69, 9.17) is 0 Å². The Bertz CT molecular complexity index is 844. The van der Waals surface area contributed by atoms with Crippen molar-refractivity contribution in [2.24, 2.45) is 4.99 Å². The van der Waals surface area contributed by atoms with E-state index < -0.39 is 4.92 Å². The van der Waals surface area contributed by atoms with E-state index in [-0.39, 0.29) is 16.9 Å². The molecule has 3 rings (SSSR count). The number of anilines is 1. The van der Waals surface area contributed by atoms with Gasteiger partial charge in [-0.05, 0) is 24.0 Å². The number of hydrogen-bond acceptors (Lipinski definition) is 7. The third-order valence-corrected chi connectivity index (χ3v) is 3.96. The largest absolute Gasteiger partial charge is 0.368 e. The minimum atomic E-state index is -0.450. The van der Waals surface area contributed by atoms with Crippen LogP contribution in [-0.4, -0.2) is 33.4 Å². The molecule has 0 bridgehead atoms. The lowest BCUT2D eigenvalue weighted by atomic mass is 10.1. The van der Waals surface area contributed by atoms with E-state index in [1.807, 2.05) is 6.26 Å². The average molecular weight is 331 g/mol. The summed E-state index contributed by atoms with van der Waals surface area (Å²) in [5.41, 5.74) is 1.38. The zero-order chi connectivity index (χ0) is 16.4. The molecule has 1 aromatic carbocycles. The first-order valence-electron chi connectivity index (χ1n) is 6.83. The summed E-state index contributed by atoms with van der Waals surface area (Å²) in [6, 6.07) is 6.13. The lowest BCUT2D eigenvalue weighted by Gasteiger charge is -2.04. The van der Waals surface area contributed by atoms with Gasteiger partial charge in [-0.15, -0.1) is 0 Å². The fourth-order valence-electron chi connectivity index (χ4n) is 2.24. The Kier molecular flexibility index (Phi) is 4.11. The number of thioether (sulfide) groups is 1. The van der Waals surface area contributed by atoms with Gasteiger partial charge in [0.15, 0.2) is 16.7 Å². The van der Waals surface area contributed by atoms with Crippen LogP contribution in [-0.2, 0) is 0 Å². The van der Waals surface area contributed by atoms with Crippen LogP contribution < -0.4 is 10.9 Å². The van der Waals surface area contributed by atoms with Crippen molar-refractivity contribution in [3.05, 3.63) is 50.3 Å². The molecular formula is C14H13N5O3S. The molecule has 0 fully saturated rings. The molecule has 0 radical (unpaired) electrons. The molecule has 2 N–H and O–H groups in total. The van der Waals surface area contributed by atoms with Crippen LogP contribution in [0.3, 0.4) is 0 Å². The summed E-state index contributed by atoms with van der Waals surface area (Å²) in [5, 5.41) is 14.3. The number of non-ortho nitro benzene ring substituents is 1. The van der Waals surface area contributed by atoms with E-state index in [9.17, 15) is 14.9 Å². The molecule has 8 nitrogen and oxygen atoms in total. The minimum absolute atomic E-state index is 0.0191. The Balaban J connectivity index is 2.04. The number of nitrogens with zero attached hydrogens (tertiary/aromatic N) is 3. The van der Waals surface area contributed by atoms with Gasteiger partial charge < -0.3 is 5.32 Å². The highest BCUT2D eigenvalue weighted by atomic mass is 32.2. The van der Waals surface area contributed by atoms with Gasteiger partial charge in [-0.2, -0.15) is 0 Å². The smallest absolute Gasteiger partial charge is 0.279 e. The molecular weight excluding hydrogens is 318 g/mol. The van der Waals surface area contributed by atoms with Crippen molar-refractivity contribution in [2.75, 3.05) is 18.1 Å². The van der Waals surface area contributed by atoms with Gasteiger partial charge >= 0.3 is 0 Å². The summed E-state index contributed by atoms with van der Waals surface area (Å²) in [7, 11) is 0. The van der Waals surface area contributed by atoms with Gasteiger partial charge in [0.05, 0.1) is 10.6 Å². The molecule has 0 amide bonds.